The maximum Gasteiger partial charge on any atom is 0.191 e. The number of anilines is 1. The molecule has 0 spiro atoms. The van der Waals surface area contributed by atoms with E-state index in [1.807, 2.05) is 17.5 Å². The maximum absolute atomic E-state index is 4.67. The van der Waals surface area contributed by atoms with Crippen LogP contribution in [0.4, 0.5) is 5.82 Å². The van der Waals surface area contributed by atoms with Crippen molar-refractivity contribution in [3.8, 4) is 0 Å². The van der Waals surface area contributed by atoms with Crippen LogP contribution in [0.2, 0.25) is 0 Å². The van der Waals surface area contributed by atoms with Crippen LogP contribution in [-0.2, 0) is 13.1 Å². The topological polar surface area (TPSA) is 52.6 Å². The van der Waals surface area contributed by atoms with Crippen LogP contribution in [-0.4, -0.2) is 30.6 Å². The van der Waals surface area contributed by atoms with Crippen molar-refractivity contribution < 1.29 is 0 Å². The summed E-state index contributed by atoms with van der Waals surface area (Å²) in [6, 6.07) is 8.49. The molecule has 25 heavy (non-hydrogen) atoms. The number of nitrogens with one attached hydrogen (secondary N) is 2. The standard InChI is InChI=1S/C19H29N5S/c1-5-20-19(23-14-17-10-8-15(4)25-17)22-13-16-9-11-18(21-12-16)24(6-2)7-3/h8-12H,5-7,13-14H2,1-4H3,(H2,20,22,23). The second-order valence-electron chi connectivity index (χ2n) is 5.76. The van der Waals surface area contributed by atoms with Gasteiger partial charge < -0.3 is 15.5 Å². The van der Waals surface area contributed by atoms with Crippen LogP contribution in [0.1, 0.15) is 36.1 Å². The van der Waals surface area contributed by atoms with Crippen LogP contribution in [0.15, 0.2) is 35.5 Å². The summed E-state index contributed by atoms with van der Waals surface area (Å²) in [6.45, 7) is 12.7. The third-order valence-electron chi connectivity index (χ3n) is 3.89. The van der Waals surface area contributed by atoms with Crippen molar-refractivity contribution in [3.63, 3.8) is 0 Å². The van der Waals surface area contributed by atoms with Crippen molar-refractivity contribution in [1.82, 2.24) is 15.6 Å². The molecule has 0 aliphatic carbocycles. The van der Waals surface area contributed by atoms with Crippen LogP contribution < -0.4 is 15.5 Å². The van der Waals surface area contributed by atoms with Gasteiger partial charge in [0.25, 0.3) is 0 Å². The van der Waals surface area contributed by atoms with E-state index in [-0.39, 0.29) is 0 Å². The minimum Gasteiger partial charge on any atom is -0.357 e. The molecule has 0 bridgehead atoms. The molecule has 0 aromatic carbocycles. The van der Waals surface area contributed by atoms with Crippen molar-refractivity contribution in [1.29, 1.82) is 0 Å². The molecule has 2 aromatic heterocycles. The summed E-state index contributed by atoms with van der Waals surface area (Å²) in [5.41, 5.74) is 1.11. The lowest BCUT2D eigenvalue weighted by Gasteiger charge is -2.19. The zero-order chi connectivity index (χ0) is 18.1. The van der Waals surface area contributed by atoms with Gasteiger partial charge in [-0.25, -0.2) is 9.98 Å². The lowest BCUT2D eigenvalue weighted by Crippen LogP contribution is -2.36. The largest absolute Gasteiger partial charge is 0.357 e. The van der Waals surface area contributed by atoms with E-state index in [9.17, 15) is 0 Å². The van der Waals surface area contributed by atoms with Crippen LogP contribution in [0.5, 0.6) is 0 Å². The highest BCUT2D eigenvalue weighted by Gasteiger charge is 2.04. The summed E-state index contributed by atoms with van der Waals surface area (Å²) in [5.74, 6) is 1.86. The van der Waals surface area contributed by atoms with E-state index >= 15 is 0 Å². The number of guanidine groups is 1. The van der Waals surface area contributed by atoms with Gasteiger partial charge in [-0.1, -0.05) is 6.07 Å². The van der Waals surface area contributed by atoms with E-state index in [0.29, 0.717) is 6.54 Å². The van der Waals surface area contributed by atoms with Gasteiger partial charge in [0.1, 0.15) is 5.82 Å². The average molecular weight is 360 g/mol. The van der Waals surface area contributed by atoms with E-state index in [0.717, 1.165) is 43.5 Å². The SMILES string of the molecule is CCNC(=NCc1ccc(N(CC)CC)nc1)NCc1ccc(C)s1. The molecule has 0 saturated heterocycles. The highest BCUT2D eigenvalue weighted by Crippen LogP contribution is 2.14. The Morgan fingerprint density at radius 2 is 1.92 bits per heavy atom. The number of rotatable bonds is 8. The number of pyridine rings is 1. The summed E-state index contributed by atoms with van der Waals surface area (Å²) in [5, 5.41) is 6.68. The molecule has 6 heteroatoms. The van der Waals surface area contributed by atoms with Gasteiger partial charge in [0.05, 0.1) is 13.1 Å². The summed E-state index contributed by atoms with van der Waals surface area (Å²) in [6.07, 6.45) is 1.92. The predicted molar refractivity (Wildman–Crippen MR) is 109 cm³/mol. The molecule has 2 heterocycles. The normalized spacial score (nSPS) is 11.4. The summed E-state index contributed by atoms with van der Waals surface area (Å²) in [7, 11) is 0. The smallest absolute Gasteiger partial charge is 0.191 e. The Labute approximate surface area is 155 Å². The van der Waals surface area contributed by atoms with Gasteiger partial charge in [-0.2, -0.15) is 0 Å². The number of hydrogen-bond donors (Lipinski definition) is 2. The summed E-state index contributed by atoms with van der Waals surface area (Å²) < 4.78 is 0. The van der Waals surface area contributed by atoms with Crippen molar-refractivity contribution >= 4 is 23.1 Å². The Morgan fingerprint density at radius 1 is 1.12 bits per heavy atom. The van der Waals surface area contributed by atoms with Crippen LogP contribution >= 0.6 is 11.3 Å². The van der Waals surface area contributed by atoms with Gasteiger partial charge in [-0.15, -0.1) is 11.3 Å². The first-order valence-corrected chi connectivity index (χ1v) is 9.75. The zero-order valence-corrected chi connectivity index (χ0v) is 16.5. The fourth-order valence-electron chi connectivity index (χ4n) is 2.51. The summed E-state index contributed by atoms with van der Waals surface area (Å²) in [4.78, 5) is 14.1. The van der Waals surface area contributed by atoms with E-state index in [1.54, 1.807) is 0 Å². The number of aryl methyl sites for hydroxylation is 1. The molecule has 0 aliphatic rings. The Morgan fingerprint density at radius 3 is 2.48 bits per heavy atom. The van der Waals surface area contributed by atoms with Gasteiger partial charge in [-0.05, 0) is 51.5 Å². The van der Waals surface area contributed by atoms with Crippen LogP contribution in [0, 0.1) is 6.92 Å². The predicted octanol–water partition coefficient (Wildman–Crippen LogP) is 3.55. The Hall–Kier alpha value is -2.08. The molecule has 2 N–H and O–H groups in total. The molecule has 0 amide bonds. The van der Waals surface area contributed by atoms with Gasteiger partial charge >= 0.3 is 0 Å². The number of aromatic nitrogens is 1. The maximum atomic E-state index is 4.67. The average Bonchev–Trinajstić information content (AvgIpc) is 3.05. The minimum atomic E-state index is 0.615. The molecule has 0 unspecified atom stereocenters. The Kier molecular flexibility index (Phi) is 7.73. The molecule has 0 radical (unpaired) electrons. The van der Waals surface area contributed by atoms with Crippen LogP contribution in [0.25, 0.3) is 0 Å². The second-order valence-corrected chi connectivity index (χ2v) is 7.13. The Bertz CT molecular complexity index is 659. The third kappa shape index (κ3) is 6.05. The molecule has 2 aromatic rings. The fourth-order valence-corrected chi connectivity index (χ4v) is 3.34. The first-order chi connectivity index (χ1) is 12.2. The lowest BCUT2D eigenvalue weighted by molar-refractivity contribution is 0.820. The first-order valence-electron chi connectivity index (χ1n) is 8.93. The number of hydrogen-bond acceptors (Lipinski definition) is 4. The number of thiophene rings is 1. The number of nitrogens with zero attached hydrogens (tertiary/aromatic N) is 3. The highest BCUT2D eigenvalue weighted by atomic mass is 32.1. The van der Waals surface area contributed by atoms with Crippen molar-refractivity contribution in [2.75, 3.05) is 24.5 Å². The van der Waals surface area contributed by atoms with Crippen molar-refractivity contribution in [3.05, 3.63) is 45.8 Å². The lowest BCUT2D eigenvalue weighted by atomic mass is 10.3. The van der Waals surface area contributed by atoms with Crippen molar-refractivity contribution in [2.24, 2.45) is 4.99 Å². The van der Waals surface area contributed by atoms with Gasteiger partial charge in [-0.3, -0.25) is 0 Å². The molecular weight excluding hydrogens is 330 g/mol. The van der Waals surface area contributed by atoms with E-state index < -0.39 is 0 Å². The first kappa shape index (κ1) is 19.2. The minimum absolute atomic E-state index is 0.615. The molecule has 0 atom stereocenters. The molecular formula is C19H29N5S. The quantitative estimate of drug-likeness (QED) is 0.559. The molecule has 0 aliphatic heterocycles. The Balaban J connectivity index is 1.95. The van der Waals surface area contributed by atoms with E-state index in [4.69, 9.17) is 0 Å². The molecule has 2 rings (SSSR count). The molecule has 5 nitrogen and oxygen atoms in total. The monoisotopic (exact) mass is 359 g/mol. The van der Waals surface area contributed by atoms with E-state index in [1.165, 1.54) is 9.75 Å². The van der Waals surface area contributed by atoms with Crippen LogP contribution in [0.3, 0.4) is 0 Å². The molecule has 0 fully saturated rings. The second kappa shape index (κ2) is 10.0. The fraction of sp³-hybridized carbons (Fsp3) is 0.474. The van der Waals surface area contributed by atoms with E-state index in [2.05, 4.69) is 77.5 Å². The number of aliphatic imine (C=N–C) groups is 1. The highest BCUT2D eigenvalue weighted by molar-refractivity contribution is 7.11. The van der Waals surface area contributed by atoms with Gasteiger partial charge in [0.2, 0.25) is 0 Å². The summed E-state index contributed by atoms with van der Waals surface area (Å²) >= 11 is 1.81. The molecule has 136 valence electrons. The molecule has 0 saturated carbocycles. The zero-order valence-electron chi connectivity index (χ0n) is 15.7. The van der Waals surface area contributed by atoms with Gasteiger partial charge in [0.15, 0.2) is 5.96 Å². The van der Waals surface area contributed by atoms with Gasteiger partial charge in [0, 0.05) is 35.6 Å². The van der Waals surface area contributed by atoms with Crippen molar-refractivity contribution in [2.45, 2.75) is 40.8 Å². The third-order valence-corrected chi connectivity index (χ3v) is 4.89.